The van der Waals surface area contributed by atoms with Gasteiger partial charge in [-0.15, -0.1) is 0 Å². The minimum atomic E-state index is -3.91. The molecular weight excluding hydrogens is 380 g/mol. The summed E-state index contributed by atoms with van der Waals surface area (Å²) in [6, 6.07) is 8.11. The van der Waals surface area contributed by atoms with Crippen molar-refractivity contribution in [3.05, 3.63) is 46.5 Å². The Hall–Kier alpha value is -2.45. The molecule has 2 rings (SSSR count). The number of hydrogen-bond acceptors (Lipinski definition) is 6. The minimum Gasteiger partial charge on any atom is -0.495 e. The first-order valence-electron chi connectivity index (χ1n) is 7.44. The first-order chi connectivity index (χ1) is 12.3. The second kappa shape index (κ2) is 8.29. The lowest BCUT2D eigenvalue weighted by Gasteiger charge is -2.11. The monoisotopic (exact) mass is 398 g/mol. The van der Waals surface area contributed by atoms with Crippen molar-refractivity contribution in [2.24, 2.45) is 5.10 Å². The van der Waals surface area contributed by atoms with Crippen molar-refractivity contribution in [2.45, 2.75) is 11.8 Å². The summed E-state index contributed by atoms with van der Waals surface area (Å²) in [7, 11) is 0.437. The summed E-state index contributed by atoms with van der Waals surface area (Å²) in [6.45, 7) is 1.78. The van der Waals surface area contributed by atoms with Crippen LogP contribution < -0.4 is 19.0 Å². The van der Waals surface area contributed by atoms with Crippen LogP contribution in [0, 0.1) is 6.92 Å². The maximum atomic E-state index is 12.5. The van der Waals surface area contributed by atoms with Gasteiger partial charge in [-0.3, -0.25) is 0 Å². The molecule has 0 saturated carbocycles. The zero-order valence-electron chi connectivity index (χ0n) is 14.7. The lowest BCUT2D eigenvalue weighted by molar-refractivity contribution is 0.355. The summed E-state index contributed by atoms with van der Waals surface area (Å²) in [5.41, 5.74) is 1.24. The van der Waals surface area contributed by atoms with Crippen LogP contribution in [0.4, 0.5) is 0 Å². The van der Waals surface area contributed by atoms with Crippen LogP contribution >= 0.6 is 11.6 Å². The number of halogens is 1. The van der Waals surface area contributed by atoms with E-state index in [9.17, 15) is 8.42 Å². The molecule has 0 atom stereocenters. The van der Waals surface area contributed by atoms with Crippen LogP contribution in [0.1, 0.15) is 11.1 Å². The van der Waals surface area contributed by atoms with E-state index in [1.54, 1.807) is 31.2 Å². The summed E-state index contributed by atoms with van der Waals surface area (Å²) in [4.78, 5) is 2.15. The van der Waals surface area contributed by atoms with E-state index >= 15 is 0 Å². The molecule has 0 radical (unpaired) electrons. The molecule has 0 saturated heterocycles. The molecule has 0 aliphatic heterocycles. The fourth-order valence-electron chi connectivity index (χ4n) is 2.21. The lowest BCUT2D eigenvalue weighted by Crippen LogP contribution is -2.19. The molecule has 0 heterocycles. The van der Waals surface area contributed by atoms with Gasteiger partial charge in [-0.2, -0.15) is 18.4 Å². The number of nitrogens with zero attached hydrogens (tertiary/aromatic N) is 1. The van der Waals surface area contributed by atoms with Gasteiger partial charge in [-0.05, 0) is 36.8 Å². The molecule has 0 fully saturated rings. The second-order valence-corrected chi connectivity index (χ2v) is 7.22. The second-order valence-electron chi connectivity index (χ2n) is 5.21. The van der Waals surface area contributed by atoms with E-state index in [1.807, 2.05) is 0 Å². The van der Waals surface area contributed by atoms with Crippen LogP contribution in [0.25, 0.3) is 0 Å². The smallest absolute Gasteiger partial charge is 0.280 e. The van der Waals surface area contributed by atoms with Crippen LogP contribution in [-0.2, 0) is 10.0 Å². The third-order valence-electron chi connectivity index (χ3n) is 3.50. The first-order valence-corrected chi connectivity index (χ1v) is 9.30. The van der Waals surface area contributed by atoms with Crippen molar-refractivity contribution in [1.82, 2.24) is 4.83 Å². The predicted octanol–water partition coefficient (Wildman–Crippen LogP) is 2.99. The topological polar surface area (TPSA) is 86.2 Å². The van der Waals surface area contributed by atoms with Gasteiger partial charge in [-0.1, -0.05) is 17.7 Å². The molecule has 0 aliphatic carbocycles. The largest absolute Gasteiger partial charge is 0.495 e. The standard InChI is InChI=1S/C17H19ClN2O5S/c1-11-5-7-13(23-2)15(9-11)26(21,22)20-19-10-12-6-8-14(24-3)17(25-4)16(12)18/h5-10,20H,1-4H3/b19-10+. The number of nitrogens with one attached hydrogen (secondary N) is 1. The average molecular weight is 399 g/mol. The third-order valence-corrected chi connectivity index (χ3v) is 5.13. The fourth-order valence-corrected chi connectivity index (χ4v) is 3.54. The molecule has 0 amide bonds. The average Bonchev–Trinajstić information content (AvgIpc) is 2.62. The van der Waals surface area contributed by atoms with E-state index < -0.39 is 10.0 Å². The molecule has 0 aromatic heterocycles. The lowest BCUT2D eigenvalue weighted by atomic mass is 10.2. The highest BCUT2D eigenvalue weighted by Crippen LogP contribution is 2.36. The van der Waals surface area contributed by atoms with E-state index in [0.717, 1.165) is 5.56 Å². The number of sulfonamides is 1. The Kier molecular flexibility index (Phi) is 6.33. The SMILES string of the molecule is COc1ccc(C)cc1S(=O)(=O)N/N=C/c1ccc(OC)c(OC)c1Cl. The Labute approximate surface area is 157 Å². The zero-order valence-corrected chi connectivity index (χ0v) is 16.3. The van der Waals surface area contributed by atoms with Crippen molar-refractivity contribution in [3.63, 3.8) is 0 Å². The van der Waals surface area contributed by atoms with Gasteiger partial charge in [0.05, 0.1) is 32.6 Å². The molecule has 2 aromatic rings. The summed E-state index contributed by atoms with van der Waals surface area (Å²) >= 11 is 6.23. The Morgan fingerprint density at radius 2 is 1.69 bits per heavy atom. The minimum absolute atomic E-state index is 0.00411. The maximum absolute atomic E-state index is 12.5. The van der Waals surface area contributed by atoms with Crippen molar-refractivity contribution in [3.8, 4) is 17.2 Å². The van der Waals surface area contributed by atoms with Crippen LogP contribution in [0.2, 0.25) is 5.02 Å². The highest BCUT2D eigenvalue weighted by molar-refractivity contribution is 7.89. The van der Waals surface area contributed by atoms with Gasteiger partial charge in [0.2, 0.25) is 0 Å². The van der Waals surface area contributed by atoms with E-state index in [-0.39, 0.29) is 15.7 Å². The van der Waals surface area contributed by atoms with Crippen LogP contribution in [0.15, 0.2) is 40.3 Å². The van der Waals surface area contributed by atoms with Crippen molar-refractivity contribution in [1.29, 1.82) is 0 Å². The number of methoxy groups -OCH3 is 3. The molecule has 2 aromatic carbocycles. The zero-order chi connectivity index (χ0) is 19.3. The number of ether oxygens (including phenoxy) is 3. The van der Waals surface area contributed by atoms with Crippen molar-refractivity contribution < 1.29 is 22.6 Å². The number of benzene rings is 2. The first kappa shape index (κ1) is 19.9. The summed E-state index contributed by atoms with van der Waals surface area (Å²) in [5.74, 6) is 1.02. The molecule has 0 unspecified atom stereocenters. The molecule has 7 nitrogen and oxygen atoms in total. The fraction of sp³-hybridized carbons (Fsp3) is 0.235. The quantitative estimate of drug-likeness (QED) is 0.572. The number of hydrazone groups is 1. The van der Waals surface area contributed by atoms with Crippen LogP contribution in [0.5, 0.6) is 17.2 Å². The van der Waals surface area contributed by atoms with Gasteiger partial charge >= 0.3 is 0 Å². The molecule has 9 heteroatoms. The van der Waals surface area contributed by atoms with Gasteiger partial charge in [0.1, 0.15) is 10.6 Å². The molecule has 26 heavy (non-hydrogen) atoms. The van der Waals surface area contributed by atoms with Crippen molar-refractivity contribution in [2.75, 3.05) is 21.3 Å². The molecule has 0 bridgehead atoms. The van der Waals surface area contributed by atoms with E-state index in [2.05, 4.69) is 9.93 Å². The van der Waals surface area contributed by atoms with E-state index in [0.29, 0.717) is 17.1 Å². The molecule has 1 N–H and O–H groups in total. The van der Waals surface area contributed by atoms with Gasteiger partial charge in [0.25, 0.3) is 10.0 Å². The Bertz CT molecular complexity index is 929. The van der Waals surface area contributed by atoms with Crippen molar-refractivity contribution >= 4 is 27.8 Å². The highest BCUT2D eigenvalue weighted by Gasteiger charge is 2.19. The Morgan fingerprint density at radius 3 is 2.31 bits per heavy atom. The Balaban J connectivity index is 2.29. The molecule has 0 aliphatic rings. The Morgan fingerprint density at radius 1 is 1.04 bits per heavy atom. The van der Waals surface area contributed by atoms with Gasteiger partial charge in [-0.25, -0.2) is 0 Å². The molecule has 0 spiro atoms. The normalized spacial score (nSPS) is 11.4. The van der Waals surface area contributed by atoms with E-state index in [4.69, 9.17) is 25.8 Å². The number of aryl methyl sites for hydroxylation is 1. The van der Waals surface area contributed by atoms with Gasteiger partial charge in [0.15, 0.2) is 11.5 Å². The third kappa shape index (κ3) is 4.20. The highest BCUT2D eigenvalue weighted by atomic mass is 35.5. The summed E-state index contributed by atoms with van der Waals surface area (Å²) in [6.07, 6.45) is 1.28. The molecule has 140 valence electrons. The van der Waals surface area contributed by atoms with Gasteiger partial charge < -0.3 is 14.2 Å². The predicted molar refractivity (Wildman–Crippen MR) is 100 cm³/mol. The summed E-state index contributed by atoms with van der Waals surface area (Å²) in [5, 5.41) is 4.04. The number of rotatable bonds is 7. The number of hydrogen-bond donors (Lipinski definition) is 1. The summed E-state index contributed by atoms with van der Waals surface area (Å²) < 4.78 is 40.4. The van der Waals surface area contributed by atoms with E-state index in [1.165, 1.54) is 33.6 Å². The van der Waals surface area contributed by atoms with Crippen LogP contribution in [0.3, 0.4) is 0 Å². The van der Waals surface area contributed by atoms with Crippen LogP contribution in [-0.4, -0.2) is 36.0 Å². The maximum Gasteiger partial charge on any atom is 0.280 e. The van der Waals surface area contributed by atoms with Gasteiger partial charge in [0, 0.05) is 5.56 Å². The molecular formula is C17H19ClN2O5S.